The van der Waals surface area contributed by atoms with Gasteiger partial charge in [-0.3, -0.25) is 14.6 Å². The molecule has 1 amide bonds. The molecule has 0 radical (unpaired) electrons. The molecular weight excluding hydrogens is 409 g/mol. The molecule has 2 unspecified atom stereocenters. The van der Waals surface area contributed by atoms with Crippen molar-refractivity contribution in [1.82, 2.24) is 15.1 Å². The van der Waals surface area contributed by atoms with Gasteiger partial charge in [-0.15, -0.1) is 0 Å². The number of carbonyl (C=O) groups excluding carboxylic acids is 1. The van der Waals surface area contributed by atoms with Crippen LogP contribution in [0, 0.1) is 5.82 Å². The third kappa shape index (κ3) is 5.58. The van der Waals surface area contributed by atoms with Crippen LogP contribution in [0.15, 0.2) is 42.5 Å². The minimum Gasteiger partial charge on any atom is -0.497 e. The molecule has 0 spiro atoms. The van der Waals surface area contributed by atoms with Gasteiger partial charge < -0.3 is 14.8 Å². The molecule has 2 aromatic carbocycles. The van der Waals surface area contributed by atoms with Crippen molar-refractivity contribution < 1.29 is 18.7 Å². The van der Waals surface area contributed by atoms with Crippen LogP contribution in [-0.2, 0) is 11.3 Å². The van der Waals surface area contributed by atoms with Crippen molar-refractivity contribution in [2.24, 2.45) is 0 Å². The highest BCUT2D eigenvalue weighted by molar-refractivity contribution is 5.78. The van der Waals surface area contributed by atoms with Gasteiger partial charge >= 0.3 is 0 Å². The number of ether oxygens (including phenoxy) is 2. The lowest BCUT2D eigenvalue weighted by atomic mass is 10.1. The van der Waals surface area contributed by atoms with Gasteiger partial charge in [-0.2, -0.15) is 0 Å². The topological polar surface area (TPSA) is 54.0 Å². The fourth-order valence-corrected chi connectivity index (χ4v) is 4.61. The summed E-state index contributed by atoms with van der Waals surface area (Å²) in [5, 5.41) is 3.12. The van der Waals surface area contributed by atoms with E-state index in [2.05, 4.69) is 15.1 Å². The number of nitrogens with one attached hydrogen (secondary N) is 1. The van der Waals surface area contributed by atoms with Gasteiger partial charge in [-0.25, -0.2) is 4.39 Å². The van der Waals surface area contributed by atoms with Crippen LogP contribution in [0.3, 0.4) is 0 Å². The highest BCUT2D eigenvalue weighted by Crippen LogP contribution is 2.29. The van der Waals surface area contributed by atoms with Crippen molar-refractivity contribution in [2.75, 3.05) is 39.8 Å². The summed E-state index contributed by atoms with van der Waals surface area (Å²) in [7, 11) is 1.64. The van der Waals surface area contributed by atoms with Crippen LogP contribution in [0.4, 0.5) is 4.39 Å². The van der Waals surface area contributed by atoms with Gasteiger partial charge in [0.15, 0.2) is 0 Å². The predicted molar refractivity (Wildman–Crippen MR) is 121 cm³/mol. The van der Waals surface area contributed by atoms with E-state index >= 15 is 0 Å². The lowest BCUT2D eigenvalue weighted by molar-refractivity contribution is -0.122. The molecule has 2 aliphatic rings. The van der Waals surface area contributed by atoms with Gasteiger partial charge in [0.2, 0.25) is 5.91 Å². The number of fused-ring (bicyclic) bond motifs is 1. The quantitative estimate of drug-likeness (QED) is 0.714. The van der Waals surface area contributed by atoms with Crippen molar-refractivity contribution in [2.45, 2.75) is 38.5 Å². The lowest BCUT2D eigenvalue weighted by Gasteiger charge is -2.29. The van der Waals surface area contributed by atoms with E-state index in [4.69, 9.17) is 9.47 Å². The molecule has 0 aliphatic carbocycles. The Balaban J connectivity index is 1.38. The minimum absolute atomic E-state index is 0.0135. The molecule has 32 heavy (non-hydrogen) atoms. The Bertz CT molecular complexity index is 915. The molecule has 7 heteroatoms. The highest BCUT2D eigenvalue weighted by Gasteiger charge is 2.26. The Morgan fingerprint density at radius 2 is 1.97 bits per heavy atom. The summed E-state index contributed by atoms with van der Waals surface area (Å²) in [6.07, 6.45) is 2.27. The molecule has 2 aliphatic heterocycles. The highest BCUT2D eigenvalue weighted by atomic mass is 19.1. The van der Waals surface area contributed by atoms with Crippen molar-refractivity contribution in [3.8, 4) is 11.5 Å². The van der Waals surface area contributed by atoms with Crippen molar-refractivity contribution in [3.05, 3.63) is 59.4 Å². The zero-order valence-corrected chi connectivity index (χ0v) is 18.9. The number of benzene rings is 2. The maximum Gasteiger partial charge on any atom is 0.234 e. The number of carbonyl (C=O) groups is 1. The van der Waals surface area contributed by atoms with E-state index in [0.717, 1.165) is 48.6 Å². The summed E-state index contributed by atoms with van der Waals surface area (Å²) in [5.74, 6) is 1.31. The first-order chi connectivity index (χ1) is 15.5. The second-order valence-electron chi connectivity index (χ2n) is 8.69. The molecule has 0 saturated carbocycles. The largest absolute Gasteiger partial charge is 0.497 e. The van der Waals surface area contributed by atoms with Crippen LogP contribution >= 0.6 is 0 Å². The van der Waals surface area contributed by atoms with E-state index < -0.39 is 0 Å². The van der Waals surface area contributed by atoms with Crippen molar-refractivity contribution in [1.29, 1.82) is 0 Å². The van der Waals surface area contributed by atoms with E-state index in [1.54, 1.807) is 7.11 Å². The number of amides is 1. The summed E-state index contributed by atoms with van der Waals surface area (Å²) in [4.78, 5) is 17.3. The fraction of sp³-hybridized carbons (Fsp3) is 0.480. The van der Waals surface area contributed by atoms with E-state index in [-0.39, 0.29) is 23.9 Å². The summed E-state index contributed by atoms with van der Waals surface area (Å²) in [6.45, 7) is 6.13. The van der Waals surface area contributed by atoms with Gasteiger partial charge in [-0.1, -0.05) is 18.2 Å². The maximum atomic E-state index is 13.4. The fourth-order valence-electron chi connectivity index (χ4n) is 4.61. The molecule has 4 rings (SSSR count). The van der Waals surface area contributed by atoms with Crippen LogP contribution in [0.2, 0.25) is 0 Å². The molecule has 2 aromatic rings. The number of hydrogen-bond donors (Lipinski definition) is 1. The number of rotatable bonds is 7. The summed E-state index contributed by atoms with van der Waals surface area (Å²) < 4.78 is 24.8. The molecule has 1 N–H and O–H groups in total. The van der Waals surface area contributed by atoms with Gasteiger partial charge in [0.1, 0.15) is 23.4 Å². The zero-order valence-electron chi connectivity index (χ0n) is 18.9. The monoisotopic (exact) mass is 441 g/mol. The van der Waals surface area contributed by atoms with Crippen LogP contribution < -0.4 is 14.8 Å². The Hall–Kier alpha value is -2.64. The van der Waals surface area contributed by atoms with Crippen LogP contribution in [-0.4, -0.2) is 61.6 Å². The van der Waals surface area contributed by atoms with Crippen LogP contribution in [0.5, 0.6) is 11.5 Å². The number of halogens is 1. The lowest BCUT2D eigenvalue weighted by Crippen LogP contribution is -2.43. The minimum atomic E-state index is -0.242. The summed E-state index contributed by atoms with van der Waals surface area (Å²) in [6, 6.07) is 12.5. The summed E-state index contributed by atoms with van der Waals surface area (Å²) >= 11 is 0. The van der Waals surface area contributed by atoms with Gasteiger partial charge in [-0.05, 0) is 56.6 Å². The number of nitrogens with zero attached hydrogens (tertiary/aromatic N) is 2. The molecule has 6 nitrogen and oxygen atoms in total. The van der Waals surface area contributed by atoms with E-state index in [0.29, 0.717) is 26.2 Å². The first-order valence-electron chi connectivity index (χ1n) is 11.3. The van der Waals surface area contributed by atoms with Gasteiger partial charge in [0, 0.05) is 31.3 Å². The average Bonchev–Trinajstić information content (AvgIpc) is 3.25. The Kier molecular flexibility index (Phi) is 7.27. The molecule has 2 atom stereocenters. The molecule has 0 aromatic heterocycles. The van der Waals surface area contributed by atoms with Gasteiger partial charge in [0.25, 0.3) is 0 Å². The summed E-state index contributed by atoms with van der Waals surface area (Å²) in [5.41, 5.74) is 2.08. The van der Waals surface area contributed by atoms with Crippen LogP contribution in [0.25, 0.3) is 0 Å². The smallest absolute Gasteiger partial charge is 0.234 e. The van der Waals surface area contributed by atoms with Gasteiger partial charge in [0.05, 0.1) is 19.7 Å². The third-order valence-corrected chi connectivity index (χ3v) is 6.21. The zero-order chi connectivity index (χ0) is 22.5. The normalized spacial score (nSPS) is 20.2. The molecule has 1 fully saturated rings. The number of hydrogen-bond acceptors (Lipinski definition) is 5. The molecular formula is C25H32FN3O3. The molecule has 2 heterocycles. The number of likely N-dealkylation sites (tertiary alicyclic amines) is 1. The van der Waals surface area contributed by atoms with Crippen LogP contribution in [0.1, 0.15) is 36.9 Å². The Morgan fingerprint density at radius 1 is 1.22 bits per heavy atom. The third-order valence-electron chi connectivity index (χ3n) is 6.21. The molecule has 0 bridgehead atoms. The molecule has 1 saturated heterocycles. The maximum absolute atomic E-state index is 13.4. The number of methoxy groups -OCH3 is 1. The standard InChI is InChI=1S/C25H32FN3O3/c1-18-15-28(16-20-7-10-22(31-2)13-24(20)32-18)17-25(30)27-14-23(29-11-3-4-12-29)19-5-8-21(26)9-6-19/h5-10,13,18,23H,3-4,11-12,14-17H2,1-2H3,(H,27,30). The Morgan fingerprint density at radius 3 is 2.69 bits per heavy atom. The second kappa shape index (κ2) is 10.3. The second-order valence-corrected chi connectivity index (χ2v) is 8.69. The average molecular weight is 442 g/mol. The SMILES string of the molecule is COc1ccc2c(c1)OC(C)CN(CC(=O)NCC(c1ccc(F)cc1)N1CCCC1)C2. The molecule has 172 valence electrons. The van der Waals surface area contributed by atoms with E-state index in [1.807, 2.05) is 37.3 Å². The van der Waals surface area contributed by atoms with Crippen molar-refractivity contribution in [3.63, 3.8) is 0 Å². The van der Waals surface area contributed by atoms with E-state index in [9.17, 15) is 9.18 Å². The van der Waals surface area contributed by atoms with E-state index in [1.165, 1.54) is 12.1 Å². The van der Waals surface area contributed by atoms with Crippen molar-refractivity contribution >= 4 is 5.91 Å². The Labute approximate surface area is 189 Å². The first kappa shape index (κ1) is 22.6. The first-order valence-corrected chi connectivity index (χ1v) is 11.3. The predicted octanol–water partition coefficient (Wildman–Crippen LogP) is 3.37.